The summed E-state index contributed by atoms with van der Waals surface area (Å²) in [4.78, 5) is 25.6. The lowest BCUT2D eigenvalue weighted by molar-refractivity contribution is -0.137. The molecule has 0 unspecified atom stereocenters. The maximum atomic E-state index is 11.3. The maximum absolute atomic E-state index is 11.3. The summed E-state index contributed by atoms with van der Waals surface area (Å²) in [6.45, 7) is 0.419. The SMILES string of the molecule is O=C(O)CCCNC(=O)CCc1cscn1. The molecule has 1 aromatic heterocycles. The molecule has 1 heterocycles. The highest BCUT2D eigenvalue weighted by Crippen LogP contribution is 2.03. The number of carboxylic acids is 1. The molecule has 6 heteroatoms. The fourth-order valence-electron chi connectivity index (χ4n) is 1.16. The number of thiazole rings is 1. The van der Waals surface area contributed by atoms with Crippen LogP contribution in [-0.2, 0) is 16.0 Å². The predicted molar refractivity (Wildman–Crippen MR) is 60.3 cm³/mol. The molecule has 0 atom stereocenters. The van der Waals surface area contributed by atoms with Crippen LogP contribution in [0.3, 0.4) is 0 Å². The summed E-state index contributed by atoms with van der Waals surface area (Å²) in [6, 6.07) is 0. The van der Waals surface area contributed by atoms with Crippen LogP contribution in [0, 0.1) is 0 Å². The molecule has 0 aliphatic heterocycles. The van der Waals surface area contributed by atoms with E-state index in [1.807, 2.05) is 5.38 Å². The smallest absolute Gasteiger partial charge is 0.303 e. The molecule has 0 aliphatic rings. The van der Waals surface area contributed by atoms with Gasteiger partial charge in [0, 0.05) is 24.8 Å². The first kappa shape index (κ1) is 12.6. The fraction of sp³-hybridized carbons (Fsp3) is 0.500. The van der Waals surface area contributed by atoms with Gasteiger partial charge in [-0.3, -0.25) is 9.59 Å². The first-order valence-corrected chi connectivity index (χ1v) is 5.98. The Balaban J connectivity index is 2.05. The number of carbonyl (C=O) groups excluding carboxylic acids is 1. The van der Waals surface area contributed by atoms with Crippen molar-refractivity contribution >= 4 is 23.2 Å². The van der Waals surface area contributed by atoms with Crippen molar-refractivity contribution in [3.8, 4) is 0 Å². The summed E-state index contributed by atoms with van der Waals surface area (Å²) in [5.41, 5.74) is 2.66. The average Bonchev–Trinajstić information content (AvgIpc) is 2.74. The normalized spacial score (nSPS) is 10.0. The molecule has 16 heavy (non-hydrogen) atoms. The Labute approximate surface area is 97.5 Å². The van der Waals surface area contributed by atoms with Crippen molar-refractivity contribution in [1.29, 1.82) is 0 Å². The third-order valence-electron chi connectivity index (χ3n) is 1.98. The van der Waals surface area contributed by atoms with E-state index in [1.165, 1.54) is 11.3 Å². The standard InChI is InChI=1S/C10H14N2O3S/c13-9(11-5-1-2-10(14)15)4-3-8-6-16-7-12-8/h6-7H,1-5H2,(H,11,13)(H,14,15). The van der Waals surface area contributed by atoms with Gasteiger partial charge in [0.2, 0.25) is 5.91 Å². The van der Waals surface area contributed by atoms with Crippen LogP contribution in [0.1, 0.15) is 25.0 Å². The zero-order valence-electron chi connectivity index (χ0n) is 8.81. The second kappa shape index (κ2) is 6.95. The molecule has 0 radical (unpaired) electrons. The van der Waals surface area contributed by atoms with Crippen molar-refractivity contribution in [3.05, 3.63) is 16.6 Å². The number of hydrogen-bond donors (Lipinski definition) is 2. The van der Waals surface area contributed by atoms with Crippen LogP contribution in [0.4, 0.5) is 0 Å². The van der Waals surface area contributed by atoms with Crippen LogP contribution in [0.15, 0.2) is 10.9 Å². The molecule has 88 valence electrons. The minimum atomic E-state index is -0.836. The zero-order valence-corrected chi connectivity index (χ0v) is 9.63. The van der Waals surface area contributed by atoms with Gasteiger partial charge >= 0.3 is 5.97 Å². The van der Waals surface area contributed by atoms with E-state index in [4.69, 9.17) is 5.11 Å². The summed E-state index contributed by atoms with van der Waals surface area (Å²) < 4.78 is 0. The van der Waals surface area contributed by atoms with Gasteiger partial charge in [0.1, 0.15) is 0 Å². The van der Waals surface area contributed by atoms with Crippen molar-refractivity contribution in [2.45, 2.75) is 25.7 Å². The molecule has 1 rings (SSSR count). The Kier molecular flexibility index (Phi) is 5.49. The minimum Gasteiger partial charge on any atom is -0.481 e. The van der Waals surface area contributed by atoms with E-state index in [0.29, 0.717) is 25.8 Å². The number of carboxylic acid groups (broad SMARTS) is 1. The molecule has 1 aromatic rings. The van der Waals surface area contributed by atoms with Gasteiger partial charge in [0.05, 0.1) is 11.2 Å². The number of amides is 1. The molecule has 0 fully saturated rings. The van der Waals surface area contributed by atoms with Gasteiger partial charge in [-0.15, -0.1) is 11.3 Å². The number of aryl methyl sites for hydroxylation is 1. The van der Waals surface area contributed by atoms with Crippen LogP contribution in [-0.4, -0.2) is 28.5 Å². The lowest BCUT2D eigenvalue weighted by atomic mass is 10.2. The minimum absolute atomic E-state index is 0.0570. The van der Waals surface area contributed by atoms with E-state index in [1.54, 1.807) is 5.51 Å². The van der Waals surface area contributed by atoms with Gasteiger partial charge in [-0.1, -0.05) is 0 Å². The highest BCUT2D eigenvalue weighted by molar-refractivity contribution is 7.07. The van der Waals surface area contributed by atoms with Gasteiger partial charge in [-0.05, 0) is 12.8 Å². The molecule has 0 bridgehead atoms. The molecular weight excluding hydrogens is 228 g/mol. The summed E-state index contributed by atoms with van der Waals surface area (Å²) in [7, 11) is 0. The molecule has 1 amide bonds. The number of carbonyl (C=O) groups is 2. The number of hydrogen-bond acceptors (Lipinski definition) is 4. The topological polar surface area (TPSA) is 79.3 Å². The Morgan fingerprint density at radius 3 is 2.88 bits per heavy atom. The Bertz CT molecular complexity index is 338. The zero-order chi connectivity index (χ0) is 11.8. The molecule has 0 aliphatic carbocycles. The van der Waals surface area contributed by atoms with Crippen molar-refractivity contribution in [2.75, 3.05) is 6.54 Å². The monoisotopic (exact) mass is 242 g/mol. The van der Waals surface area contributed by atoms with E-state index in [0.717, 1.165) is 5.69 Å². The molecule has 2 N–H and O–H groups in total. The first-order chi connectivity index (χ1) is 7.68. The highest BCUT2D eigenvalue weighted by atomic mass is 32.1. The van der Waals surface area contributed by atoms with Gasteiger partial charge < -0.3 is 10.4 Å². The average molecular weight is 242 g/mol. The van der Waals surface area contributed by atoms with Crippen molar-refractivity contribution in [1.82, 2.24) is 10.3 Å². The van der Waals surface area contributed by atoms with Crippen molar-refractivity contribution in [2.24, 2.45) is 0 Å². The van der Waals surface area contributed by atoms with Crippen LogP contribution in [0.25, 0.3) is 0 Å². The molecule has 0 saturated carbocycles. The fourth-order valence-corrected chi connectivity index (χ4v) is 1.75. The highest BCUT2D eigenvalue weighted by Gasteiger charge is 2.03. The van der Waals surface area contributed by atoms with Crippen LogP contribution >= 0.6 is 11.3 Å². The van der Waals surface area contributed by atoms with E-state index >= 15 is 0 Å². The summed E-state index contributed by atoms with van der Waals surface area (Å²) >= 11 is 1.51. The molecule has 0 saturated heterocycles. The molecular formula is C10H14N2O3S. The van der Waals surface area contributed by atoms with Gasteiger partial charge in [0.25, 0.3) is 0 Å². The summed E-state index contributed by atoms with van der Waals surface area (Å²) in [5, 5.41) is 13.0. The number of nitrogens with zero attached hydrogens (tertiary/aromatic N) is 1. The third-order valence-corrected chi connectivity index (χ3v) is 2.62. The van der Waals surface area contributed by atoms with E-state index in [2.05, 4.69) is 10.3 Å². The quantitative estimate of drug-likeness (QED) is 0.701. The summed E-state index contributed by atoms with van der Waals surface area (Å²) in [5.74, 6) is -0.893. The van der Waals surface area contributed by atoms with Gasteiger partial charge in [-0.25, -0.2) is 4.98 Å². The summed E-state index contributed by atoms with van der Waals surface area (Å²) in [6.07, 6.45) is 1.59. The van der Waals surface area contributed by atoms with Crippen LogP contribution in [0.2, 0.25) is 0 Å². The number of aromatic nitrogens is 1. The number of aliphatic carboxylic acids is 1. The van der Waals surface area contributed by atoms with E-state index < -0.39 is 5.97 Å². The predicted octanol–water partition coefficient (Wildman–Crippen LogP) is 1.06. The molecule has 5 nitrogen and oxygen atoms in total. The Hall–Kier alpha value is -1.43. The molecule has 0 aromatic carbocycles. The Morgan fingerprint density at radius 1 is 1.44 bits per heavy atom. The third kappa shape index (κ3) is 5.45. The van der Waals surface area contributed by atoms with Gasteiger partial charge in [-0.2, -0.15) is 0 Å². The van der Waals surface area contributed by atoms with Crippen LogP contribution in [0.5, 0.6) is 0 Å². The van der Waals surface area contributed by atoms with Crippen molar-refractivity contribution < 1.29 is 14.7 Å². The lowest BCUT2D eigenvalue weighted by Crippen LogP contribution is -2.25. The number of rotatable bonds is 7. The maximum Gasteiger partial charge on any atom is 0.303 e. The largest absolute Gasteiger partial charge is 0.481 e. The van der Waals surface area contributed by atoms with Crippen molar-refractivity contribution in [3.63, 3.8) is 0 Å². The second-order valence-electron chi connectivity index (χ2n) is 3.33. The van der Waals surface area contributed by atoms with Gasteiger partial charge in [0.15, 0.2) is 0 Å². The second-order valence-corrected chi connectivity index (χ2v) is 4.05. The first-order valence-electron chi connectivity index (χ1n) is 5.04. The Morgan fingerprint density at radius 2 is 2.25 bits per heavy atom. The van der Waals surface area contributed by atoms with E-state index in [-0.39, 0.29) is 12.3 Å². The molecule has 0 spiro atoms. The number of nitrogens with one attached hydrogen (secondary N) is 1. The lowest BCUT2D eigenvalue weighted by Gasteiger charge is -2.02. The van der Waals surface area contributed by atoms with Crippen LogP contribution < -0.4 is 5.32 Å². The van der Waals surface area contributed by atoms with E-state index in [9.17, 15) is 9.59 Å².